The second kappa shape index (κ2) is 6.51. The largest absolute Gasteiger partial charge is 0.488 e. The molecule has 0 fully saturated rings. The molecule has 0 aliphatic rings. The molecule has 0 saturated carbocycles. The van der Waals surface area contributed by atoms with Gasteiger partial charge in [0.1, 0.15) is 11.9 Å². The molecule has 0 heterocycles. The second-order valence-corrected chi connectivity index (χ2v) is 4.03. The Bertz CT molecular complexity index is 326. The fourth-order valence-corrected chi connectivity index (χ4v) is 1.66. The summed E-state index contributed by atoms with van der Waals surface area (Å²) in [5, 5.41) is 0. The fourth-order valence-electron chi connectivity index (χ4n) is 1.66. The van der Waals surface area contributed by atoms with Crippen molar-refractivity contribution in [2.75, 3.05) is 20.3 Å². The summed E-state index contributed by atoms with van der Waals surface area (Å²) in [5.41, 5.74) is 7.99. The van der Waals surface area contributed by atoms with Gasteiger partial charge in [-0.25, -0.2) is 0 Å². The number of benzene rings is 1. The molecule has 0 bridgehead atoms. The van der Waals surface area contributed by atoms with Gasteiger partial charge in [-0.1, -0.05) is 17.7 Å². The van der Waals surface area contributed by atoms with E-state index in [0.717, 1.165) is 12.2 Å². The van der Waals surface area contributed by atoms with Crippen LogP contribution < -0.4 is 10.5 Å². The third-order valence-corrected chi connectivity index (χ3v) is 2.36. The average molecular weight is 223 g/mol. The Morgan fingerprint density at radius 2 is 2.12 bits per heavy atom. The zero-order valence-corrected chi connectivity index (χ0v) is 10.3. The van der Waals surface area contributed by atoms with E-state index in [2.05, 4.69) is 19.1 Å². The molecule has 1 aromatic rings. The van der Waals surface area contributed by atoms with E-state index >= 15 is 0 Å². The van der Waals surface area contributed by atoms with Gasteiger partial charge in [0.05, 0.1) is 6.61 Å². The van der Waals surface area contributed by atoms with Gasteiger partial charge in [-0.2, -0.15) is 0 Å². The highest BCUT2D eigenvalue weighted by Gasteiger charge is 2.08. The monoisotopic (exact) mass is 223 g/mol. The van der Waals surface area contributed by atoms with Crippen molar-refractivity contribution in [2.45, 2.75) is 26.4 Å². The minimum Gasteiger partial charge on any atom is -0.488 e. The maximum absolute atomic E-state index is 5.81. The van der Waals surface area contributed by atoms with Gasteiger partial charge in [0, 0.05) is 7.11 Å². The molecular formula is C13H21NO2. The molecule has 90 valence electrons. The zero-order valence-electron chi connectivity index (χ0n) is 10.3. The Hall–Kier alpha value is -1.06. The maximum Gasteiger partial charge on any atom is 0.123 e. The van der Waals surface area contributed by atoms with Gasteiger partial charge in [-0.05, 0) is 38.4 Å². The van der Waals surface area contributed by atoms with Crippen molar-refractivity contribution in [3.8, 4) is 5.75 Å². The number of hydrogen-bond donors (Lipinski definition) is 1. The Kier molecular flexibility index (Phi) is 5.29. The van der Waals surface area contributed by atoms with E-state index in [1.54, 1.807) is 7.11 Å². The van der Waals surface area contributed by atoms with E-state index in [0.29, 0.717) is 13.2 Å². The van der Waals surface area contributed by atoms with E-state index in [1.807, 2.05) is 13.0 Å². The third kappa shape index (κ3) is 3.83. The van der Waals surface area contributed by atoms with E-state index in [-0.39, 0.29) is 6.10 Å². The van der Waals surface area contributed by atoms with Gasteiger partial charge < -0.3 is 15.2 Å². The van der Waals surface area contributed by atoms with E-state index in [4.69, 9.17) is 15.2 Å². The molecule has 1 unspecified atom stereocenters. The van der Waals surface area contributed by atoms with Gasteiger partial charge in [-0.3, -0.25) is 0 Å². The lowest BCUT2D eigenvalue weighted by molar-refractivity contribution is 0.0914. The molecule has 0 spiro atoms. The Labute approximate surface area is 97.6 Å². The molecule has 0 amide bonds. The first-order valence-corrected chi connectivity index (χ1v) is 5.62. The van der Waals surface area contributed by atoms with Crippen LogP contribution in [0.25, 0.3) is 0 Å². The summed E-state index contributed by atoms with van der Waals surface area (Å²) in [6.45, 7) is 5.30. The van der Waals surface area contributed by atoms with Crippen molar-refractivity contribution >= 4 is 0 Å². The minimum absolute atomic E-state index is 0.0595. The highest BCUT2D eigenvalue weighted by Crippen LogP contribution is 2.21. The highest BCUT2D eigenvalue weighted by molar-refractivity contribution is 5.37. The van der Waals surface area contributed by atoms with E-state index < -0.39 is 0 Å². The average Bonchev–Trinajstić information content (AvgIpc) is 2.23. The minimum atomic E-state index is 0.0595. The summed E-state index contributed by atoms with van der Waals surface area (Å²) in [4.78, 5) is 0. The molecule has 0 aromatic heterocycles. The highest BCUT2D eigenvalue weighted by atomic mass is 16.5. The standard InChI is InChI=1S/C13H21NO2/c1-10-4-5-13(12(8-10)6-7-14)16-11(2)9-15-3/h4-5,8,11H,6-7,9,14H2,1-3H3. The zero-order chi connectivity index (χ0) is 12.0. The summed E-state index contributed by atoms with van der Waals surface area (Å²) in [6.07, 6.45) is 0.903. The van der Waals surface area contributed by atoms with Crippen LogP contribution in [0.3, 0.4) is 0 Å². The van der Waals surface area contributed by atoms with Crippen LogP contribution in [0.2, 0.25) is 0 Å². The number of hydrogen-bond acceptors (Lipinski definition) is 3. The molecule has 1 atom stereocenters. The quantitative estimate of drug-likeness (QED) is 0.801. The van der Waals surface area contributed by atoms with E-state index in [1.165, 1.54) is 11.1 Å². The molecule has 1 rings (SSSR count). The molecule has 0 aliphatic heterocycles. The van der Waals surface area contributed by atoms with Crippen LogP contribution in [0.5, 0.6) is 5.75 Å². The Balaban J connectivity index is 2.77. The first-order valence-electron chi connectivity index (χ1n) is 5.62. The molecule has 2 N–H and O–H groups in total. The van der Waals surface area contributed by atoms with Crippen molar-refractivity contribution in [1.29, 1.82) is 0 Å². The Morgan fingerprint density at radius 1 is 1.38 bits per heavy atom. The molecule has 3 nitrogen and oxygen atoms in total. The summed E-state index contributed by atoms with van der Waals surface area (Å²) >= 11 is 0. The normalized spacial score (nSPS) is 12.5. The van der Waals surface area contributed by atoms with Crippen molar-refractivity contribution in [1.82, 2.24) is 0 Å². The SMILES string of the molecule is COCC(C)Oc1ccc(C)cc1CCN. The van der Waals surface area contributed by atoms with Crippen molar-refractivity contribution in [3.63, 3.8) is 0 Å². The van der Waals surface area contributed by atoms with Gasteiger partial charge in [0.2, 0.25) is 0 Å². The summed E-state index contributed by atoms with van der Waals surface area (Å²) in [6, 6.07) is 6.18. The van der Waals surface area contributed by atoms with Gasteiger partial charge in [-0.15, -0.1) is 0 Å². The number of rotatable bonds is 6. The van der Waals surface area contributed by atoms with Crippen LogP contribution in [0.15, 0.2) is 18.2 Å². The van der Waals surface area contributed by atoms with Crippen LogP contribution in [0.1, 0.15) is 18.1 Å². The summed E-state index contributed by atoms with van der Waals surface area (Å²) < 4.78 is 10.9. The lowest BCUT2D eigenvalue weighted by Crippen LogP contribution is -2.19. The fraction of sp³-hybridized carbons (Fsp3) is 0.538. The molecule has 16 heavy (non-hydrogen) atoms. The van der Waals surface area contributed by atoms with Crippen molar-refractivity contribution in [2.24, 2.45) is 5.73 Å². The van der Waals surface area contributed by atoms with Crippen LogP contribution in [-0.2, 0) is 11.2 Å². The molecule has 0 radical (unpaired) electrons. The molecule has 0 aliphatic carbocycles. The number of ether oxygens (including phenoxy) is 2. The van der Waals surface area contributed by atoms with Crippen LogP contribution in [-0.4, -0.2) is 26.4 Å². The van der Waals surface area contributed by atoms with Gasteiger partial charge in [0.25, 0.3) is 0 Å². The molecule has 1 aromatic carbocycles. The van der Waals surface area contributed by atoms with Gasteiger partial charge in [0.15, 0.2) is 0 Å². The van der Waals surface area contributed by atoms with Crippen molar-refractivity contribution in [3.05, 3.63) is 29.3 Å². The molecule has 3 heteroatoms. The smallest absolute Gasteiger partial charge is 0.123 e. The molecular weight excluding hydrogens is 202 g/mol. The first kappa shape index (κ1) is 13.0. The van der Waals surface area contributed by atoms with Gasteiger partial charge >= 0.3 is 0 Å². The summed E-state index contributed by atoms with van der Waals surface area (Å²) in [5.74, 6) is 0.917. The lowest BCUT2D eigenvalue weighted by Gasteiger charge is -2.17. The van der Waals surface area contributed by atoms with Crippen LogP contribution in [0.4, 0.5) is 0 Å². The van der Waals surface area contributed by atoms with Crippen molar-refractivity contribution < 1.29 is 9.47 Å². The molecule has 0 saturated heterocycles. The lowest BCUT2D eigenvalue weighted by atomic mass is 10.1. The third-order valence-electron chi connectivity index (χ3n) is 2.36. The number of nitrogens with two attached hydrogens (primary N) is 1. The van der Waals surface area contributed by atoms with Crippen LogP contribution in [0, 0.1) is 6.92 Å². The maximum atomic E-state index is 5.81. The Morgan fingerprint density at radius 3 is 2.75 bits per heavy atom. The summed E-state index contributed by atoms with van der Waals surface area (Å²) in [7, 11) is 1.68. The number of aryl methyl sites for hydroxylation is 1. The second-order valence-electron chi connectivity index (χ2n) is 4.03. The predicted molar refractivity (Wildman–Crippen MR) is 65.9 cm³/mol. The predicted octanol–water partition coefficient (Wildman–Crippen LogP) is 1.91. The van der Waals surface area contributed by atoms with E-state index in [9.17, 15) is 0 Å². The first-order chi connectivity index (χ1) is 7.67. The van der Waals surface area contributed by atoms with Crippen LogP contribution >= 0.6 is 0 Å². The topological polar surface area (TPSA) is 44.5 Å². The number of methoxy groups -OCH3 is 1.